The minimum atomic E-state index is -0.193. The lowest BCUT2D eigenvalue weighted by atomic mass is 10.1. The maximum atomic E-state index is 13.2. The fourth-order valence-electron chi connectivity index (χ4n) is 4.22. The summed E-state index contributed by atoms with van der Waals surface area (Å²) in [5.74, 6) is -0.193. The summed E-state index contributed by atoms with van der Waals surface area (Å²) >= 11 is 5.78. The van der Waals surface area contributed by atoms with E-state index in [2.05, 4.69) is 40.5 Å². The molecule has 0 saturated carbocycles. The van der Waals surface area contributed by atoms with Crippen molar-refractivity contribution in [2.24, 2.45) is 0 Å². The lowest BCUT2D eigenvalue weighted by Crippen LogP contribution is -3.14. The molecule has 148 valence electrons. The van der Waals surface area contributed by atoms with E-state index >= 15 is 0 Å². The minimum Gasteiger partial charge on any atom is -0.360 e. The summed E-state index contributed by atoms with van der Waals surface area (Å²) in [5, 5.41) is 6.01. The number of anilines is 1. The Kier molecular flexibility index (Phi) is 4.56. The number of aryl methyl sites for hydroxylation is 1. The molecule has 29 heavy (non-hydrogen) atoms. The van der Waals surface area contributed by atoms with Crippen molar-refractivity contribution in [1.82, 2.24) is 14.2 Å². The second kappa shape index (κ2) is 7.24. The van der Waals surface area contributed by atoms with Gasteiger partial charge in [-0.3, -0.25) is 4.40 Å². The number of piperazine rings is 1. The Morgan fingerprint density at radius 2 is 1.79 bits per heavy atom. The highest BCUT2D eigenvalue weighted by atomic mass is 32.1. The van der Waals surface area contributed by atoms with Crippen molar-refractivity contribution in [3.05, 3.63) is 70.7 Å². The number of fused-ring (bicyclic) bond motifs is 3. The fourth-order valence-corrected chi connectivity index (χ4v) is 4.52. The predicted octanol–water partition coefficient (Wildman–Crippen LogP) is 2.83. The molecule has 0 bridgehead atoms. The zero-order valence-corrected chi connectivity index (χ0v) is 17.1. The molecule has 1 aliphatic rings. The molecular formula is C22H23FN5S+. The first-order valence-electron chi connectivity index (χ1n) is 9.92. The van der Waals surface area contributed by atoms with Crippen molar-refractivity contribution in [3.8, 4) is 0 Å². The quantitative estimate of drug-likeness (QED) is 0.529. The van der Waals surface area contributed by atoms with E-state index in [-0.39, 0.29) is 5.82 Å². The second-order valence-corrected chi connectivity index (χ2v) is 8.06. The largest absolute Gasteiger partial charge is 0.360 e. The van der Waals surface area contributed by atoms with E-state index in [0.717, 1.165) is 54.5 Å². The number of aromatic nitrogens is 3. The third-order valence-electron chi connectivity index (χ3n) is 5.82. The number of hydrogen-bond donors (Lipinski definition) is 1. The average Bonchev–Trinajstić information content (AvgIpc) is 3.04. The van der Waals surface area contributed by atoms with E-state index in [1.165, 1.54) is 28.0 Å². The van der Waals surface area contributed by atoms with Crippen LogP contribution >= 0.6 is 12.2 Å². The van der Waals surface area contributed by atoms with Crippen LogP contribution in [0.4, 0.5) is 10.1 Å². The SMILES string of the molecule is Cc1cc2nn(C[NH+]3CCN(c4ccc(F)cc4)CC3)c(=S)n2c2ccccc12. The van der Waals surface area contributed by atoms with Gasteiger partial charge in [-0.15, -0.1) is 5.10 Å². The molecule has 0 unspecified atom stereocenters. The summed E-state index contributed by atoms with van der Waals surface area (Å²) in [6.07, 6.45) is 0. The average molecular weight is 409 g/mol. The van der Waals surface area contributed by atoms with Gasteiger partial charge in [0.1, 0.15) is 5.82 Å². The van der Waals surface area contributed by atoms with Gasteiger partial charge in [0.25, 0.3) is 0 Å². The molecule has 1 fully saturated rings. The number of quaternary nitrogens is 1. The molecule has 1 N–H and O–H groups in total. The van der Waals surface area contributed by atoms with Gasteiger partial charge in [-0.25, -0.2) is 4.39 Å². The van der Waals surface area contributed by atoms with Crippen LogP contribution < -0.4 is 9.80 Å². The first-order valence-corrected chi connectivity index (χ1v) is 10.3. The van der Waals surface area contributed by atoms with Gasteiger partial charge in [0.15, 0.2) is 12.3 Å². The first kappa shape index (κ1) is 18.3. The predicted molar refractivity (Wildman–Crippen MR) is 116 cm³/mol. The summed E-state index contributed by atoms with van der Waals surface area (Å²) < 4.78 is 17.9. The molecule has 3 heterocycles. The van der Waals surface area contributed by atoms with Crippen LogP contribution in [0.5, 0.6) is 0 Å². The molecule has 5 rings (SSSR count). The normalized spacial score (nSPS) is 15.4. The zero-order chi connectivity index (χ0) is 20.0. The van der Waals surface area contributed by atoms with Gasteiger partial charge in [0.05, 0.1) is 31.7 Å². The number of para-hydroxylation sites is 1. The molecule has 5 nitrogen and oxygen atoms in total. The highest BCUT2D eigenvalue weighted by Gasteiger charge is 2.21. The van der Waals surface area contributed by atoms with Gasteiger partial charge in [-0.1, -0.05) is 18.2 Å². The summed E-state index contributed by atoms with van der Waals surface area (Å²) in [7, 11) is 0. The topological polar surface area (TPSA) is 29.9 Å². The van der Waals surface area contributed by atoms with Gasteiger partial charge < -0.3 is 9.80 Å². The number of nitrogens with one attached hydrogen (secondary N) is 1. The Morgan fingerprint density at radius 3 is 2.55 bits per heavy atom. The van der Waals surface area contributed by atoms with Crippen molar-refractivity contribution in [1.29, 1.82) is 0 Å². The molecule has 0 amide bonds. The highest BCUT2D eigenvalue weighted by molar-refractivity contribution is 7.71. The van der Waals surface area contributed by atoms with Crippen molar-refractivity contribution in [3.63, 3.8) is 0 Å². The van der Waals surface area contributed by atoms with E-state index in [1.807, 2.05) is 22.9 Å². The fraction of sp³-hybridized carbons (Fsp3) is 0.273. The molecule has 4 aromatic rings. The molecule has 0 aliphatic carbocycles. The molecular weight excluding hydrogens is 385 g/mol. The zero-order valence-electron chi connectivity index (χ0n) is 16.3. The van der Waals surface area contributed by atoms with Gasteiger partial charge in [-0.2, -0.15) is 4.68 Å². The monoisotopic (exact) mass is 408 g/mol. The summed E-state index contributed by atoms with van der Waals surface area (Å²) in [4.78, 5) is 3.76. The highest BCUT2D eigenvalue weighted by Crippen LogP contribution is 2.21. The molecule has 0 spiro atoms. The number of rotatable bonds is 3. The number of benzene rings is 2. The van der Waals surface area contributed by atoms with E-state index < -0.39 is 0 Å². The molecule has 1 saturated heterocycles. The van der Waals surface area contributed by atoms with Crippen LogP contribution in [0.1, 0.15) is 5.56 Å². The number of nitrogens with zero attached hydrogens (tertiary/aromatic N) is 4. The Hall–Kier alpha value is -2.77. The first-order chi connectivity index (χ1) is 14.1. The van der Waals surface area contributed by atoms with Crippen LogP contribution in [0, 0.1) is 17.5 Å². The number of hydrogen-bond acceptors (Lipinski definition) is 3. The second-order valence-electron chi connectivity index (χ2n) is 7.69. The summed E-state index contributed by atoms with van der Waals surface area (Å²) in [6.45, 7) is 6.72. The Balaban J connectivity index is 1.37. The Labute approximate surface area is 173 Å². The van der Waals surface area contributed by atoms with Crippen molar-refractivity contribution in [2.75, 3.05) is 31.1 Å². The summed E-state index contributed by atoms with van der Waals surface area (Å²) in [6, 6.07) is 17.2. The maximum absolute atomic E-state index is 13.2. The molecule has 7 heteroatoms. The van der Waals surface area contributed by atoms with Crippen LogP contribution in [0.15, 0.2) is 54.6 Å². The third-order valence-corrected chi connectivity index (χ3v) is 6.21. The Morgan fingerprint density at radius 1 is 1.07 bits per heavy atom. The van der Waals surface area contributed by atoms with Crippen molar-refractivity contribution in [2.45, 2.75) is 13.6 Å². The smallest absolute Gasteiger partial charge is 0.207 e. The van der Waals surface area contributed by atoms with Crippen molar-refractivity contribution < 1.29 is 9.29 Å². The lowest BCUT2D eigenvalue weighted by Gasteiger charge is -2.33. The van der Waals surface area contributed by atoms with E-state index in [9.17, 15) is 4.39 Å². The molecule has 2 aromatic carbocycles. The lowest BCUT2D eigenvalue weighted by molar-refractivity contribution is -0.924. The Bertz CT molecular complexity index is 1240. The number of halogens is 1. The molecule has 0 radical (unpaired) electrons. The van der Waals surface area contributed by atoms with Gasteiger partial charge in [-0.05, 0) is 61.1 Å². The maximum Gasteiger partial charge on any atom is 0.207 e. The standard InChI is InChI=1S/C22H22FN5S/c1-16-14-21-24-27(22(29)28(21)20-5-3-2-4-19(16)20)15-25-10-12-26(13-11-25)18-8-6-17(23)7-9-18/h2-9,14H,10-13,15H2,1H3/p+1. The van der Waals surface area contributed by atoms with E-state index in [1.54, 1.807) is 0 Å². The molecule has 1 aliphatic heterocycles. The van der Waals surface area contributed by atoms with Gasteiger partial charge >= 0.3 is 0 Å². The van der Waals surface area contributed by atoms with E-state index in [0.29, 0.717) is 0 Å². The van der Waals surface area contributed by atoms with Crippen LogP contribution in [-0.2, 0) is 6.67 Å². The van der Waals surface area contributed by atoms with E-state index in [4.69, 9.17) is 17.3 Å². The molecule has 0 atom stereocenters. The number of pyridine rings is 1. The van der Waals surface area contributed by atoms with Crippen molar-refractivity contribution >= 4 is 34.5 Å². The van der Waals surface area contributed by atoms with Gasteiger partial charge in [0, 0.05) is 11.1 Å². The third kappa shape index (κ3) is 3.30. The van der Waals surface area contributed by atoms with Crippen LogP contribution in [-0.4, -0.2) is 40.4 Å². The molecule has 2 aromatic heterocycles. The van der Waals surface area contributed by atoms with Gasteiger partial charge in [0.2, 0.25) is 4.77 Å². The minimum absolute atomic E-state index is 0.193. The summed E-state index contributed by atoms with van der Waals surface area (Å²) in [5.41, 5.74) is 4.29. The van der Waals surface area contributed by atoms with Crippen LogP contribution in [0.2, 0.25) is 0 Å². The van der Waals surface area contributed by atoms with Crippen LogP contribution in [0.25, 0.3) is 16.6 Å². The van der Waals surface area contributed by atoms with Crippen LogP contribution in [0.3, 0.4) is 0 Å².